The monoisotopic (exact) mass is 1140 g/mol. The van der Waals surface area contributed by atoms with E-state index in [1.54, 1.807) is 0 Å². The highest BCUT2D eigenvalue weighted by Crippen LogP contribution is 2.30. The number of aliphatic hydroxyl groups excluding tert-OH is 8. The van der Waals surface area contributed by atoms with E-state index < -0.39 is 86.8 Å². The molecule has 2 heterocycles. The van der Waals surface area contributed by atoms with Crippen LogP contribution in [0.1, 0.15) is 296 Å². The van der Waals surface area contributed by atoms with Gasteiger partial charge in [0.2, 0.25) is 5.91 Å². The number of hydrogen-bond donors (Lipinski definition) is 9. The van der Waals surface area contributed by atoms with Gasteiger partial charge in [-0.3, -0.25) is 4.79 Å². The first-order valence-electron chi connectivity index (χ1n) is 33.6. The molecular formula is C66H125NO13. The van der Waals surface area contributed by atoms with Gasteiger partial charge in [0.1, 0.15) is 48.8 Å². The van der Waals surface area contributed by atoms with Gasteiger partial charge in [-0.2, -0.15) is 0 Å². The quantitative estimate of drug-likeness (QED) is 0.0204. The van der Waals surface area contributed by atoms with Gasteiger partial charge in [0.15, 0.2) is 12.6 Å². The summed E-state index contributed by atoms with van der Waals surface area (Å²) in [5, 5.41) is 87.4. The second-order valence-electron chi connectivity index (χ2n) is 24.0. The third-order valence-electron chi connectivity index (χ3n) is 16.7. The van der Waals surface area contributed by atoms with Gasteiger partial charge >= 0.3 is 0 Å². The molecule has 12 atom stereocenters. The van der Waals surface area contributed by atoms with Crippen LogP contribution in [0.5, 0.6) is 0 Å². The maximum Gasteiger partial charge on any atom is 0.220 e. The highest BCUT2D eigenvalue weighted by molar-refractivity contribution is 5.76. The Balaban J connectivity index is 1.63. The molecule has 0 radical (unpaired) electrons. The number of carbonyl (C=O) groups excluding carboxylic acids is 1. The van der Waals surface area contributed by atoms with Gasteiger partial charge in [-0.15, -0.1) is 0 Å². The fraction of sp³-hybridized carbons (Fsp3) is 0.924. The van der Waals surface area contributed by atoms with E-state index in [0.29, 0.717) is 12.8 Å². The number of hydrogen-bond acceptors (Lipinski definition) is 13. The van der Waals surface area contributed by atoms with E-state index in [1.807, 2.05) is 0 Å². The van der Waals surface area contributed by atoms with Crippen LogP contribution >= 0.6 is 0 Å². The topological polar surface area (TPSA) is 228 Å². The van der Waals surface area contributed by atoms with Crippen LogP contribution in [0.15, 0.2) is 24.3 Å². The van der Waals surface area contributed by atoms with Crippen molar-refractivity contribution in [2.75, 3.05) is 19.8 Å². The van der Waals surface area contributed by atoms with Gasteiger partial charge in [-0.1, -0.05) is 276 Å². The number of aliphatic hydroxyl groups is 8. The summed E-state index contributed by atoms with van der Waals surface area (Å²) in [6.07, 6.45) is 46.4. The van der Waals surface area contributed by atoms with E-state index in [2.05, 4.69) is 43.5 Å². The van der Waals surface area contributed by atoms with E-state index >= 15 is 0 Å². The molecule has 2 saturated heterocycles. The lowest BCUT2D eigenvalue weighted by Crippen LogP contribution is -2.65. The molecule has 9 N–H and O–H groups in total. The maximum atomic E-state index is 13.3. The van der Waals surface area contributed by atoms with Gasteiger partial charge in [0.25, 0.3) is 0 Å². The van der Waals surface area contributed by atoms with Crippen LogP contribution in [0.25, 0.3) is 0 Å². The predicted octanol–water partition coefficient (Wildman–Crippen LogP) is 12.8. The normalized spacial score (nSPS) is 24.3. The molecule has 2 aliphatic rings. The average Bonchev–Trinajstić information content (AvgIpc) is 3.46. The molecular weight excluding hydrogens is 1010 g/mol. The highest BCUT2D eigenvalue weighted by Gasteiger charge is 2.51. The van der Waals surface area contributed by atoms with Crippen LogP contribution in [-0.2, 0) is 23.7 Å². The number of amides is 1. The average molecular weight is 1140 g/mol. The highest BCUT2D eigenvalue weighted by atomic mass is 16.7. The zero-order valence-corrected chi connectivity index (χ0v) is 51.1. The Hall–Kier alpha value is -1.53. The summed E-state index contributed by atoms with van der Waals surface area (Å²) in [6.45, 7) is 2.84. The summed E-state index contributed by atoms with van der Waals surface area (Å²) < 4.78 is 22.9. The molecule has 80 heavy (non-hydrogen) atoms. The first kappa shape index (κ1) is 74.6. The molecule has 0 aromatic carbocycles. The maximum absolute atomic E-state index is 13.3. The van der Waals surface area contributed by atoms with Crippen LogP contribution in [-0.4, -0.2) is 140 Å². The zero-order chi connectivity index (χ0) is 58.1. The van der Waals surface area contributed by atoms with Gasteiger partial charge in [0.05, 0.1) is 32.0 Å². The minimum Gasteiger partial charge on any atom is -0.394 e. The molecule has 12 unspecified atom stereocenters. The van der Waals surface area contributed by atoms with Crippen LogP contribution in [0.2, 0.25) is 0 Å². The molecule has 2 rings (SSSR count). The Labute approximate surface area is 488 Å². The lowest BCUT2D eigenvalue weighted by molar-refractivity contribution is -0.359. The van der Waals surface area contributed by atoms with E-state index in [1.165, 1.54) is 193 Å². The van der Waals surface area contributed by atoms with Crippen molar-refractivity contribution in [1.29, 1.82) is 0 Å². The molecule has 0 spiro atoms. The number of ether oxygens (including phenoxy) is 4. The summed E-state index contributed by atoms with van der Waals surface area (Å²) in [4.78, 5) is 13.3. The summed E-state index contributed by atoms with van der Waals surface area (Å²) in [6, 6.07) is -0.835. The summed E-state index contributed by atoms with van der Waals surface area (Å²) in [5.41, 5.74) is 0. The van der Waals surface area contributed by atoms with Crippen molar-refractivity contribution < 1.29 is 64.6 Å². The molecule has 1 amide bonds. The Bertz CT molecular complexity index is 1440. The number of unbranched alkanes of at least 4 members (excludes halogenated alkanes) is 38. The number of carbonyl (C=O) groups is 1. The van der Waals surface area contributed by atoms with Gasteiger partial charge < -0.3 is 65.1 Å². The molecule has 2 aliphatic heterocycles. The van der Waals surface area contributed by atoms with E-state index in [-0.39, 0.29) is 18.9 Å². The van der Waals surface area contributed by atoms with Crippen molar-refractivity contribution in [3.05, 3.63) is 24.3 Å². The van der Waals surface area contributed by atoms with E-state index in [4.69, 9.17) is 18.9 Å². The van der Waals surface area contributed by atoms with Gasteiger partial charge in [0, 0.05) is 6.42 Å². The molecule has 0 aromatic heterocycles. The molecule has 0 aromatic rings. The van der Waals surface area contributed by atoms with Crippen LogP contribution in [0.4, 0.5) is 0 Å². The second kappa shape index (κ2) is 51.9. The van der Waals surface area contributed by atoms with Crippen molar-refractivity contribution in [2.24, 2.45) is 0 Å². The third-order valence-corrected chi connectivity index (χ3v) is 16.7. The second-order valence-corrected chi connectivity index (χ2v) is 24.0. The van der Waals surface area contributed by atoms with Crippen molar-refractivity contribution in [2.45, 2.75) is 370 Å². The summed E-state index contributed by atoms with van der Waals surface area (Å²) in [5.74, 6) is -0.218. The SMILES string of the molecule is CCCC/C=C\C/C=C\CCCCCCCC(=O)NC(COC1OC(CO)C(OC2OC(CO)C(O)C(O)C2O)C(O)C1O)C(O)CCCCCCCCCCCCCCCCCCCCCCCCCCCCCCCCCC. The molecule has 472 valence electrons. The predicted molar refractivity (Wildman–Crippen MR) is 323 cm³/mol. The number of rotatable bonds is 55. The largest absolute Gasteiger partial charge is 0.394 e. The Morgan fingerprint density at radius 3 is 1.29 bits per heavy atom. The molecule has 0 saturated carbocycles. The molecule has 0 aliphatic carbocycles. The standard InChI is InChI=1S/C66H125NO13/c1-3-5-7-9-11-13-15-17-19-20-21-22-23-24-25-26-27-28-29-30-31-32-33-34-35-36-37-39-41-43-45-47-49-55(70)54(67-58(71)50-48-46-44-42-40-38-18-16-14-12-10-8-6-4-2)53-77-65-63(76)61(74)64(57(52-69)79-65)80-66-62(75)60(73)59(72)56(51-68)78-66/h10,12,16,18,54-57,59-66,68-70,72-76H,3-9,11,13-15,17,19-53H2,1-2H3,(H,67,71)/b12-10-,18-16-. The number of allylic oxidation sites excluding steroid dienone is 4. The molecule has 14 nitrogen and oxygen atoms in total. The molecule has 0 bridgehead atoms. The van der Waals surface area contributed by atoms with E-state index in [9.17, 15) is 45.6 Å². The Morgan fingerprint density at radius 2 is 0.838 bits per heavy atom. The lowest BCUT2D eigenvalue weighted by Gasteiger charge is -2.46. The first-order chi connectivity index (χ1) is 39.1. The fourth-order valence-electron chi connectivity index (χ4n) is 11.3. The summed E-state index contributed by atoms with van der Waals surface area (Å²) >= 11 is 0. The minimum atomic E-state index is -1.78. The van der Waals surface area contributed by atoms with Crippen LogP contribution in [0, 0.1) is 0 Å². The summed E-state index contributed by atoms with van der Waals surface area (Å²) in [7, 11) is 0. The smallest absolute Gasteiger partial charge is 0.220 e. The molecule has 2 fully saturated rings. The Morgan fingerprint density at radius 1 is 0.450 bits per heavy atom. The van der Waals surface area contributed by atoms with E-state index in [0.717, 1.165) is 70.6 Å². The first-order valence-corrected chi connectivity index (χ1v) is 33.6. The van der Waals surface area contributed by atoms with Gasteiger partial charge in [-0.05, 0) is 38.5 Å². The van der Waals surface area contributed by atoms with Crippen LogP contribution in [0.3, 0.4) is 0 Å². The van der Waals surface area contributed by atoms with Crippen molar-refractivity contribution in [3.8, 4) is 0 Å². The minimum absolute atomic E-state index is 0.218. The Kier molecular flexibility index (Phi) is 48.3. The molecule has 14 heteroatoms. The van der Waals surface area contributed by atoms with Crippen molar-refractivity contribution in [3.63, 3.8) is 0 Å². The lowest BCUT2D eigenvalue weighted by atomic mass is 9.97. The van der Waals surface area contributed by atoms with Gasteiger partial charge in [-0.25, -0.2) is 0 Å². The van der Waals surface area contributed by atoms with Crippen molar-refractivity contribution in [1.82, 2.24) is 5.32 Å². The van der Waals surface area contributed by atoms with Crippen LogP contribution < -0.4 is 5.32 Å². The number of nitrogens with one attached hydrogen (secondary N) is 1. The third kappa shape index (κ3) is 36.3. The van der Waals surface area contributed by atoms with Crippen molar-refractivity contribution >= 4 is 5.91 Å². The fourth-order valence-corrected chi connectivity index (χ4v) is 11.3. The zero-order valence-electron chi connectivity index (χ0n) is 51.1.